The largest absolute Gasteiger partial charge is 0.443 e. The van der Waals surface area contributed by atoms with Crippen molar-refractivity contribution in [3.05, 3.63) is 35.9 Å². The van der Waals surface area contributed by atoms with Gasteiger partial charge in [0.1, 0.15) is 11.6 Å². The maximum atomic E-state index is 12.5. The minimum absolute atomic E-state index is 0.412. The van der Waals surface area contributed by atoms with Crippen LogP contribution in [0.1, 0.15) is 46.2 Å². The number of hydrogen-bond donors (Lipinski definition) is 0. The molecule has 132 valence electrons. The van der Waals surface area contributed by atoms with Gasteiger partial charge in [-0.05, 0) is 40.2 Å². The summed E-state index contributed by atoms with van der Waals surface area (Å²) in [6.45, 7) is 9.35. The number of carbonyl (C=O) groups is 2. The molecule has 1 aromatic rings. The van der Waals surface area contributed by atoms with Crippen LogP contribution in [0.2, 0.25) is 0 Å². The summed E-state index contributed by atoms with van der Waals surface area (Å²) in [5, 5.41) is 0. The molecule has 1 saturated heterocycles. The normalized spacial score (nSPS) is 22.0. The number of amides is 2. The Morgan fingerprint density at radius 3 is 2.42 bits per heavy atom. The highest BCUT2D eigenvalue weighted by Crippen LogP contribution is 2.38. The molecule has 0 N–H and O–H groups in total. The molecule has 1 aromatic carbocycles. The van der Waals surface area contributed by atoms with Gasteiger partial charge in [0, 0.05) is 6.61 Å². The molecule has 0 unspecified atom stereocenters. The standard InChI is InChI=1S/C18H25NO5/c1-6-22-12(2)23-15-14(13-10-8-7-9-11-13)19(16(15)20)17(21)24-18(3,4)5/h7-12,14-15H,6H2,1-5H3/t12-,14+,15+/m1/s1. The second kappa shape index (κ2) is 7.32. The molecule has 2 amide bonds. The predicted octanol–water partition coefficient (Wildman–Crippen LogP) is 3.27. The van der Waals surface area contributed by atoms with E-state index in [2.05, 4.69) is 0 Å². The zero-order chi connectivity index (χ0) is 17.9. The first-order valence-electron chi connectivity index (χ1n) is 8.12. The Kier molecular flexibility index (Phi) is 5.62. The van der Waals surface area contributed by atoms with Gasteiger partial charge in [-0.3, -0.25) is 4.79 Å². The van der Waals surface area contributed by atoms with Gasteiger partial charge in [0.05, 0.1) is 0 Å². The van der Waals surface area contributed by atoms with Crippen molar-refractivity contribution in [2.24, 2.45) is 0 Å². The van der Waals surface area contributed by atoms with E-state index >= 15 is 0 Å². The van der Waals surface area contributed by atoms with Gasteiger partial charge in [0.2, 0.25) is 0 Å². The summed E-state index contributed by atoms with van der Waals surface area (Å²) in [6, 6.07) is 8.78. The summed E-state index contributed by atoms with van der Waals surface area (Å²) >= 11 is 0. The summed E-state index contributed by atoms with van der Waals surface area (Å²) in [6.07, 6.45) is -1.96. The fourth-order valence-electron chi connectivity index (χ4n) is 2.56. The second-order valence-electron chi connectivity index (χ2n) is 6.62. The van der Waals surface area contributed by atoms with Gasteiger partial charge in [0.15, 0.2) is 12.4 Å². The van der Waals surface area contributed by atoms with Gasteiger partial charge in [-0.15, -0.1) is 0 Å². The van der Waals surface area contributed by atoms with E-state index in [9.17, 15) is 9.59 Å². The minimum atomic E-state index is -0.763. The van der Waals surface area contributed by atoms with Crippen molar-refractivity contribution in [1.29, 1.82) is 0 Å². The molecule has 1 aliphatic rings. The summed E-state index contributed by atoms with van der Waals surface area (Å²) in [7, 11) is 0. The van der Waals surface area contributed by atoms with Gasteiger partial charge in [-0.25, -0.2) is 9.69 Å². The van der Waals surface area contributed by atoms with Crippen molar-refractivity contribution < 1.29 is 23.8 Å². The number of β-lactam (4-membered cyclic amide) rings is 1. The molecule has 0 aromatic heterocycles. The predicted molar refractivity (Wildman–Crippen MR) is 88.2 cm³/mol. The summed E-state index contributed by atoms with van der Waals surface area (Å²) < 4.78 is 16.4. The van der Waals surface area contributed by atoms with E-state index in [1.165, 1.54) is 0 Å². The first kappa shape index (κ1) is 18.4. The molecule has 0 saturated carbocycles. The van der Waals surface area contributed by atoms with Crippen LogP contribution in [-0.4, -0.2) is 41.5 Å². The van der Waals surface area contributed by atoms with Crippen LogP contribution in [0, 0.1) is 0 Å². The monoisotopic (exact) mass is 335 g/mol. The first-order valence-corrected chi connectivity index (χ1v) is 8.12. The Bertz CT molecular complexity index is 581. The van der Waals surface area contributed by atoms with E-state index in [4.69, 9.17) is 14.2 Å². The lowest BCUT2D eigenvalue weighted by molar-refractivity contribution is -0.211. The Morgan fingerprint density at radius 2 is 1.88 bits per heavy atom. The summed E-state index contributed by atoms with van der Waals surface area (Å²) in [4.78, 5) is 26.0. The van der Waals surface area contributed by atoms with Crippen LogP contribution >= 0.6 is 0 Å². The quantitative estimate of drug-likeness (QED) is 0.610. The van der Waals surface area contributed by atoms with Gasteiger partial charge in [0.25, 0.3) is 5.91 Å². The highest BCUT2D eigenvalue weighted by Gasteiger charge is 2.54. The molecule has 0 spiro atoms. The van der Waals surface area contributed by atoms with Crippen molar-refractivity contribution in [2.75, 3.05) is 6.61 Å². The first-order chi connectivity index (χ1) is 11.2. The molecule has 1 fully saturated rings. The van der Waals surface area contributed by atoms with Gasteiger partial charge < -0.3 is 14.2 Å². The Hall–Kier alpha value is -1.92. The number of imide groups is 1. The lowest BCUT2D eigenvalue weighted by Crippen LogP contribution is -2.63. The smallest absolute Gasteiger partial charge is 0.417 e. The number of hydrogen-bond acceptors (Lipinski definition) is 5. The van der Waals surface area contributed by atoms with Crippen molar-refractivity contribution in [1.82, 2.24) is 4.90 Å². The topological polar surface area (TPSA) is 65.1 Å². The fraction of sp³-hybridized carbons (Fsp3) is 0.556. The van der Waals surface area contributed by atoms with Crippen LogP contribution in [0.3, 0.4) is 0 Å². The van der Waals surface area contributed by atoms with Crippen LogP contribution < -0.4 is 0 Å². The third-order valence-corrected chi connectivity index (χ3v) is 3.52. The average Bonchev–Trinajstić information content (AvgIpc) is 2.49. The molecule has 24 heavy (non-hydrogen) atoms. The fourth-order valence-corrected chi connectivity index (χ4v) is 2.56. The SMILES string of the molecule is CCO[C@@H](C)O[C@@H]1C(=O)N(C(=O)OC(C)(C)C)[C@H]1c1ccccc1. The zero-order valence-electron chi connectivity index (χ0n) is 14.8. The maximum Gasteiger partial charge on any atom is 0.417 e. The highest BCUT2D eigenvalue weighted by molar-refractivity contribution is 6.01. The number of carbonyl (C=O) groups excluding carboxylic acids is 2. The molecule has 1 aliphatic heterocycles. The molecule has 0 bridgehead atoms. The second-order valence-corrected chi connectivity index (χ2v) is 6.62. The van der Waals surface area contributed by atoms with Crippen LogP contribution in [0.5, 0.6) is 0 Å². The van der Waals surface area contributed by atoms with Crippen LogP contribution in [-0.2, 0) is 19.0 Å². The van der Waals surface area contributed by atoms with Crippen LogP contribution in [0.15, 0.2) is 30.3 Å². The van der Waals surface area contributed by atoms with E-state index < -0.39 is 36.0 Å². The molecule has 1 heterocycles. The third kappa shape index (κ3) is 4.13. The van der Waals surface area contributed by atoms with E-state index in [-0.39, 0.29) is 0 Å². The maximum absolute atomic E-state index is 12.5. The Balaban J connectivity index is 2.21. The van der Waals surface area contributed by atoms with Gasteiger partial charge >= 0.3 is 6.09 Å². The molecule has 3 atom stereocenters. The Morgan fingerprint density at radius 1 is 1.25 bits per heavy atom. The lowest BCUT2D eigenvalue weighted by atomic mass is 9.91. The van der Waals surface area contributed by atoms with Crippen LogP contribution in [0.25, 0.3) is 0 Å². The molecule has 6 heteroatoms. The van der Waals surface area contributed by atoms with Crippen LogP contribution in [0.4, 0.5) is 4.79 Å². The number of rotatable bonds is 5. The number of likely N-dealkylation sites (tertiary alicyclic amines) is 1. The third-order valence-electron chi connectivity index (χ3n) is 3.52. The van der Waals surface area contributed by atoms with E-state index in [1.807, 2.05) is 37.3 Å². The molecule has 0 aliphatic carbocycles. The molecular formula is C18H25NO5. The zero-order valence-corrected chi connectivity index (χ0v) is 14.8. The highest BCUT2D eigenvalue weighted by atomic mass is 16.7. The van der Waals surface area contributed by atoms with E-state index in [0.717, 1.165) is 10.5 Å². The molecule has 2 rings (SSSR count). The van der Waals surface area contributed by atoms with E-state index in [0.29, 0.717) is 6.61 Å². The van der Waals surface area contributed by atoms with Crippen molar-refractivity contribution in [3.63, 3.8) is 0 Å². The number of benzene rings is 1. The number of ether oxygens (including phenoxy) is 3. The summed E-state index contributed by atoms with van der Waals surface area (Å²) in [5.74, 6) is -0.412. The summed E-state index contributed by atoms with van der Waals surface area (Å²) in [5.41, 5.74) is 0.139. The lowest BCUT2D eigenvalue weighted by Gasteiger charge is -2.45. The van der Waals surface area contributed by atoms with Crippen molar-refractivity contribution >= 4 is 12.0 Å². The Labute approximate surface area is 142 Å². The molecule has 6 nitrogen and oxygen atoms in total. The van der Waals surface area contributed by atoms with Gasteiger partial charge in [-0.2, -0.15) is 0 Å². The number of nitrogens with zero attached hydrogens (tertiary/aromatic N) is 1. The minimum Gasteiger partial charge on any atom is -0.443 e. The molecule has 0 radical (unpaired) electrons. The average molecular weight is 335 g/mol. The molecular weight excluding hydrogens is 310 g/mol. The van der Waals surface area contributed by atoms with Gasteiger partial charge in [-0.1, -0.05) is 30.3 Å². The van der Waals surface area contributed by atoms with Crippen molar-refractivity contribution in [3.8, 4) is 0 Å². The van der Waals surface area contributed by atoms with Crippen molar-refractivity contribution in [2.45, 2.75) is 58.7 Å². The van der Waals surface area contributed by atoms with E-state index in [1.54, 1.807) is 27.7 Å².